The lowest BCUT2D eigenvalue weighted by atomic mass is 10.1. The Balaban J connectivity index is 2.23. The topological polar surface area (TPSA) is 68.0 Å². The molecule has 0 fully saturated rings. The molecule has 0 saturated carbocycles. The third kappa shape index (κ3) is 3.33. The summed E-state index contributed by atoms with van der Waals surface area (Å²) in [5.74, 6) is 0.215. The third-order valence-electron chi connectivity index (χ3n) is 2.55. The van der Waals surface area contributed by atoms with E-state index in [-0.39, 0.29) is 5.91 Å². The minimum absolute atomic E-state index is 0.278. The second-order valence-electron chi connectivity index (χ2n) is 4.00. The summed E-state index contributed by atoms with van der Waals surface area (Å²) >= 11 is 6.66. The van der Waals surface area contributed by atoms with Gasteiger partial charge in [0, 0.05) is 20.8 Å². The van der Waals surface area contributed by atoms with Crippen molar-refractivity contribution in [2.45, 2.75) is 6.92 Å². The molecule has 0 unspecified atom stereocenters. The fourth-order valence-corrected chi connectivity index (χ4v) is 2.13. The molecule has 3 N–H and O–H groups in total. The van der Waals surface area contributed by atoms with Gasteiger partial charge in [0.15, 0.2) is 0 Å². The van der Waals surface area contributed by atoms with Crippen molar-refractivity contribution in [2.24, 2.45) is 0 Å². The fraction of sp³-hybridized carbons (Fsp3) is 0.0769. The average Bonchev–Trinajstić information content (AvgIpc) is 2.33. The number of nitrogens with two attached hydrogens (primary N) is 1. The molecule has 0 bridgehead atoms. The largest absolute Gasteiger partial charge is 0.398 e. The Kier molecular flexibility index (Phi) is 4.21. The van der Waals surface area contributed by atoms with E-state index in [1.807, 2.05) is 6.92 Å². The zero-order valence-electron chi connectivity index (χ0n) is 10.1. The van der Waals surface area contributed by atoms with Gasteiger partial charge in [-0.2, -0.15) is 0 Å². The quantitative estimate of drug-likeness (QED) is 0.774. The van der Waals surface area contributed by atoms with Gasteiger partial charge in [0.25, 0.3) is 5.91 Å². The number of pyridine rings is 1. The molecular formula is C13H11Br2N3O. The van der Waals surface area contributed by atoms with Gasteiger partial charge in [-0.25, -0.2) is 4.98 Å². The molecular weight excluding hydrogens is 374 g/mol. The van der Waals surface area contributed by atoms with Gasteiger partial charge < -0.3 is 11.1 Å². The van der Waals surface area contributed by atoms with Crippen LogP contribution in [0.2, 0.25) is 0 Å². The summed E-state index contributed by atoms with van der Waals surface area (Å²) in [5.41, 5.74) is 7.64. The number of nitrogens with zero attached hydrogens (tertiary/aromatic N) is 1. The van der Waals surface area contributed by atoms with Gasteiger partial charge in [0.1, 0.15) is 5.82 Å². The van der Waals surface area contributed by atoms with Gasteiger partial charge in [-0.3, -0.25) is 4.79 Å². The molecule has 0 radical (unpaired) electrons. The molecule has 0 aliphatic heterocycles. The lowest BCUT2D eigenvalue weighted by Gasteiger charge is -2.08. The summed E-state index contributed by atoms with van der Waals surface area (Å²) in [5, 5.41) is 2.72. The molecule has 2 aromatic rings. The maximum absolute atomic E-state index is 12.1. The molecule has 1 amide bonds. The normalized spacial score (nSPS) is 10.3. The van der Waals surface area contributed by atoms with Crippen molar-refractivity contribution in [3.05, 3.63) is 50.5 Å². The summed E-state index contributed by atoms with van der Waals surface area (Å²) in [7, 11) is 0. The van der Waals surface area contributed by atoms with E-state index in [0.717, 1.165) is 14.5 Å². The Morgan fingerprint density at radius 2 is 2.05 bits per heavy atom. The first-order valence-corrected chi connectivity index (χ1v) is 7.04. The average molecular weight is 385 g/mol. The van der Waals surface area contributed by atoms with Crippen LogP contribution in [-0.2, 0) is 0 Å². The van der Waals surface area contributed by atoms with Crippen LogP contribution in [0.4, 0.5) is 11.5 Å². The number of nitrogens with one attached hydrogen (secondary N) is 1. The van der Waals surface area contributed by atoms with Crippen LogP contribution in [0.3, 0.4) is 0 Å². The maximum Gasteiger partial charge on any atom is 0.258 e. The molecule has 0 atom stereocenters. The maximum atomic E-state index is 12.1. The molecule has 4 nitrogen and oxygen atoms in total. The SMILES string of the molecule is Cc1cc(NC(=O)c2ccc(Br)cc2N)ncc1Br. The first-order chi connectivity index (χ1) is 8.97. The zero-order valence-corrected chi connectivity index (χ0v) is 13.2. The Morgan fingerprint density at radius 3 is 2.68 bits per heavy atom. The highest BCUT2D eigenvalue weighted by Gasteiger charge is 2.11. The van der Waals surface area contributed by atoms with E-state index in [1.165, 1.54) is 0 Å². The van der Waals surface area contributed by atoms with E-state index in [2.05, 4.69) is 42.2 Å². The van der Waals surface area contributed by atoms with Crippen molar-refractivity contribution in [1.82, 2.24) is 4.98 Å². The van der Waals surface area contributed by atoms with E-state index in [4.69, 9.17) is 5.73 Å². The summed E-state index contributed by atoms with van der Waals surface area (Å²) in [4.78, 5) is 16.2. The number of carbonyl (C=O) groups is 1. The number of hydrogen-bond donors (Lipinski definition) is 2. The van der Waals surface area contributed by atoms with Crippen LogP contribution >= 0.6 is 31.9 Å². The molecule has 6 heteroatoms. The van der Waals surface area contributed by atoms with Crippen LogP contribution in [-0.4, -0.2) is 10.9 Å². The first-order valence-electron chi connectivity index (χ1n) is 5.46. The van der Waals surface area contributed by atoms with Crippen LogP contribution < -0.4 is 11.1 Å². The zero-order chi connectivity index (χ0) is 14.0. The first kappa shape index (κ1) is 14.0. The monoisotopic (exact) mass is 383 g/mol. The Morgan fingerprint density at radius 1 is 1.32 bits per heavy atom. The Hall–Kier alpha value is -1.40. The van der Waals surface area contributed by atoms with Gasteiger partial charge in [0.05, 0.1) is 5.56 Å². The number of hydrogen-bond acceptors (Lipinski definition) is 3. The van der Waals surface area contributed by atoms with E-state index in [9.17, 15) is 4.79 Å². The van der Waals surface area contributed by atoms with Crippen molar-refractivity contribution >= 4 is 49.3 Å². The fourth-order valence-electron chi connectivity index (χ4n) is 1.53. The molecule has 0 aliphatic rings. The number of benzene rings is 1. The van der Waals surface area contributed by atoms with Crippen molar-refractivity contribution in [3.63, 3.8) is 0 Å². The second kappa shape index (κ2) is 5.71. The highest BCUT2D eigenvalue weighted by atomic mass is 79.9. The predicted molar refractivity (Wildman–Crippen MR) is 83.2 cm³/mol. The van der Waals surface area contributed by atoms with Gasteiger partial charge in [-0.15, -0.1) is 0 Å². The number of aryl methyl sites for hydroxylation is 1. The van der Waals surface area contributed by atoms with Crippen LogP contribution in [0.5, 0.6) is 0 Å². The second-order valence-corrected chi connectivity index (χ2v) is 5.77. The summed E-state index contributed by atoms with van der Waals surface area (Å²) < 4.78 is 1.73. The molecule has 19 heavy (non-hydrogen) atoms. The molecule has 0 spiro atoms. The van der Waals surface area contributed by atoms with Crippen LogP contribution in [0.1, 0.15) is 15.9 Å². The Labute approximate surface area is 127 Å². The molecule has 1 aromatic heterocycles. The van der Waals surface area contributed by atoms with Crippen molar-refractivity contribution in [1.29, 1.82) is 0 Å². The summed E-state index contributed by atoms with van der Waals surface area (Å²) in [6, 6.07) is 6.91. The van der Waals surface area contributed by atoms with Crippen LogP contribution in [0, 0.1) is 6.92 Å². The Bertz CT molecular complexity index is 644. The number of halogens is 2. The van der Waals surface area contributed by atoms with Crippen molar-refractivity contribution in [2.75, 3.05) is 11.1 Å². The highest BCUT2D eigenvalue weighted by molar-refractivity contribution is 9.10. The number of rotatable bonds is 2. The lowest BCUT2D eigenvalue weighted by molar-refractivity contribution is 0.102. The molecule has 1 aromatic carbocycles. The molecule has 98 valence electrons. The number of carbonyl (C=O) groups excluding carboxylic acids is 1. The van der Waals surface area contributed by atoms with Crippen molar-refractivity contribution in [3.8, 4) is 0 Å². The predicted octanol–water partition coefficient (Wildman–Crippen LogP) is 3.75. The highest BCUT2D eigenvalue weighted by Crippen LogP contribution is 2.21. The summed E-state index contributed by atoms with van der Waals surface area (Å²) in [6.07, 6.45) is 1.65. The molecule has 1 heterocycles. The number of anilines is 2. The molecule has 0 saturated heterocycles. The number of aromatic nitrogens is 1. The van der Waals surface area contributed by atoms with Gasteiger partial charge in [-0.1, -0.05) is 15.9 Å². The van der Waals surface area contributed by atoms with E-state index < -0.39 is 0 Å². The van der Waals surface area contributed by atoms with Gasteiger partial charge >= 0.3 is 0 Å². The summed E-state index contributed by atoms with van der Waals surface area (Å²) in [6.45, 7) is 1.93. The van der Waals surface area contributed by atoms with E-state index >= 15 is 0 Å². The minimum Gasteiger partial charge on any atom is -0.398 e. The molecule has 0 aliphatic carbocycles. The standard InChI is InChI=1S/C13H11Br2N3O/c1-7-4-12(17-6-10(7)15)18-13(19)9-3-2-8(14)5-11(9)16/h2-6H,16H2,1H3,(H,17,18,19). The van der Waals surface area contributed by atoms with Gasteiger partial charge in [-0.05, 0) is 52.7 Å². The van der Waals surface area contributed by atoms with Crippen molar-refractivity contribution < 1.29 is 4.79 Å². The van der Waals surface area contributed by atoms with Crippen LogP contribution in [0.15, 0.2) is 39.4 Å². The van der Waals surface area contributed by atoms with E-state index in [0.29, 0.717) is 17.1 Å². The number of nitrogen functional groups attached to an aromatic ring is 1. The minimum atomic E-state index is -0.278. The van der Waals surface area contributed by atoms with E-state index in [1.54, 1.807) is 30.5 Å². The lowest BCUT2D eigenvalue weighted by Crippen LogP contribution is -2.15. The number of amides is 1. The molecule has 2 rings (SSSR count). The van der Waals surface area contributed by atoms with Crippen LogP contribution in [0.25, 0.3) is 0 Å². The smallest absolute Gasteiger partial charge is 0.258 e. The third-order valence-corrected chi connectivity index (χ3v) is 3.87. The van der Waals surface area contributed by atoms with Gasteiger partial charge in [0.2, 0.25) is 0 Å².